The molecule has 1 aromatic carbocycles. The minimum Gasteiger partial charge on any atom is -0.465 e. The van der Waals surface area contributed by atoms with Crippen molar-refractivity contribution in [2.24, 2.45) is 0 Å². The average molecular weight is 364 g/mol. The van der Waals surface area contributed by atoms with Gasteiger partial charge in [0, 0.05) is 3.57 Å². The first-order valence-electron chi connectivity index (χ1n) is 3.92. The van der Waals surface area contributed by atoms with Crippen LogP contribution in [0.4, 0.5) is 13.2 Å². The Morgan fingerprint density at radius 2 is 2.00 bits per heavy atom. The lowest BCUT2D eigenvalue weighted by Crippen LogP contribution is -2.10. The van der Waals surface area contributed by atoms with Gasteiger partial charge in [-0.3, -0.25) is 0 Å². The van der Waals surface area contributed by atoms with E-state index in [2.05, 4.69) is 4.74 Å². The smallest absolute Gasteiger partial charge is 0.416 e. The third-order valence-electron chi connectivity index (χ3n) is 1.76. The minimum atomic E-state index is -4.52. The van der Waals surface area contributed by atoms with Crippen LogP contribution in [0.1, 0.15) is 15.9 Å². The number of esters is 1. The molecule has 0 unspecified atom stereocenters. The van der Waals surface area contributed by atoms with Crippen LogP contribution >= 0.6 is 34.2 Å². The zero-order valence-electron chi connectivity index (χ0n) is 7.86. The van der Waals surface area contributed by atoms with Gasteiger partial charge in [-0.2, -0.15) is 13.2 Å². The molecule has 0 saturated carbocycles. The van der Waals surface area contributed by atoms with E-state index in [0.717, 1.165) is 13.2 Å². The summed E-state index contributed by atoms with van der Waals surface area (Å²) in [5, 5.41) is -0.0412. The van der Waals surface area contributed by atoms with Gasteiger partial charge in [0.15, 0.2) is 0 Å². The van der Waals surface area contributed by atoms with Crippen LogP contribution in [-0.2, 0) is 10.9 Å². The van der Waals surface area contributed by atoms with Gasteiger partial charge in [0.25, 0.3) is 0 Å². The lowest BCUT2D eigenvalue weighted by Gasteiger charge is -2.10. The molecule has 0 aliphatic carbocycles. The molecular weight excluding hydrogens is 359 g/mol. The Morgan fingerprint density at radius 1 is 1.44 bits per heavy atom. The molecule has 0 fully saturated rings. The van der Waals surface area contributed by atoms with E-state index in [1.54, 1.807) is 22.6 Å². The molecule has 0 atom stereocenters. The predicted molar refractivity (Wildman–Crippen MR) is 60.5 cm³/mol. The average Bonchev–Trinajstić information content (AvgIpc) is 2.19. The van der Waals surface area contributed by atoms with Crippen LogP contribution in [0.25, 0.3) is 0 Å². The highest BCUT2D eigenvalue weighted by Crippen LogP contribution is 2.34. The summed E-state index contributed by atoms with van der Waals surface area (Å²) in [5.74, 6) is -0.894. The fraction of sp³-hybridized carbons (Fsp3) is 0.222. The largest absolute Gasteiger partial charge is 0.465 e. The Labute approximate surface area is 108 Å². The topological polar surface area (TPSA) is 26.3 Å². The Hall–Kier alpha value is -0.500. The third-order valence-corrected chi connectivity index (χ3v) is 3.34. The van der Waals surface area contributed by atoms with Gasteiger partial charge in [-0.1, -0.05) is 11.6 Å². The van der Waals surface area contributed by atoms with Gasteiger partial charge in [-0.05, 0) is 34.7 Å². The second-order valence-electron chi connectivity index (χ2n) is 2.81. The van der Waals surface area contributed by atoms with E-state index in [9.17, 15) is 18.0 Å². The quantitative estimate of drug-likeness (QED) is 0.560. The molecule has 16 heavy (non-hydrogen) atoms. The van der Waals surface area contributed by atoms with Gasteiger partial charge in [0.1, 0.15) is 0 Å². The van der Waals surface area contributed by atoms with Crippen LogP contribution < -0.4 is 0 Å². The van der Waals surface area contributed by atoms with E-state index in [-0.39, 0.29) is 14.2 Å². The molecule has 88 valence electrons. The number of benzene rings is 1. The SMILES string of the molecule is COC(=O)c1cc(C(F)(F)F)cc(I)c1Cl. The number of halogens is 5. The molecule has 0 aromatic heterocycles. The van der Waals surface area contributed by atoms with Gasteiger partial charge in [0.05, 0.1) is 23.3 Å². The normalized spacial score (nSPS) is 11.4. The summed E-state index contributed by atoms with van der Waals surface area (Å²) in [4.78, 5) is 11.2. The summed E-state index contributed by atoms with van der Waals surface area (Å²) < 4.78 is 41.8. The van der Waals surface area contributed by atoms with Crippen molar-refractivity contribution in [2.75, 3.05) is 7.11 Å². The van der Waals surface area contributed by atoms with Crippen LogP contribution in [0.5, 0.6) is 0 Å². The first-order valence-corrected chi connectivity index (χ1v) is 5.37. The highest BCUT2D eigenvalue weighted by molar-refractivity contribution is 14.1. The fourth-order valence-corrected chi connectivity index (χ4v) is 1.82. The van der Waals surface area contributed by atoms with Crippen LogP contribution in [0.15, 0.2) is 12.1 Å². The number of hydrogen-bond donors (Lipinski definition) is 0. The number of rotatable bonds is 1. The first kappa shape index (κ1) is 13.6. The third kappa shape index (κ3) is 2.79. The summed E-state index contributed by atoms with van der Waals surface area (Å²) in [7, 11) is 1.08. The van der Waals surface area contributed by atoms with E-state index in [1.807, 2.05) is 0 Å². The summed E-state index contributed by atoms with van der Waals surface area (Å²) in [6, 6.07) is 1.55. The lowest BCUT2D eigenvalue weighted by molar-refractivity contribution is -0.137. The van der Waals surface area contributed by atoms with E-state index in [0.29, 0.717) is 6.07 Å². The van der Waals surface area contributed by atoms with Crippen molar-refractivity contribution in [1.29, 1.82) is 0 Å². The highest BCUT2D eigenvalue weighted by Gasteiger charge is 2.32. The number of hydrogen-bond acceptors (Lipinski definition) is 2. The van der Waals surface area contributed by atoms with Crippen molar-refractivity contribution in [1.82, 2.24) is 0 Å². The predicted octanol–water partition coefficient (Wildman–Crippen LogP) is 3.75. The minimum absolute atomic E-state index is 0.0412. The Kier molecular flexibility index (Phi) is 4.06. The molecule has 1 rings (SSSR count). The van der Waals surface area contributed by atoms with E-state index >= 15 is 0 Å². The molecule has 0 aliphatic heterocycles. The molecule has 0 heterocycles. The van der Waals surface area contributed by atoms with Gasteiger partial charge in [-0.15, -0.1) is 0 Å². The molecule has 2 nitrogen and oxygen atoms in total. The molecule has 0 bridgehead atoms. The molecule has 0 aliphatic rings. The van der Waals surface area contributed by atoms with Crippen LogP contribution in [0.2, 0.25) is 5.02 Å². The van der Waals surface area contributed by atoms with Gasteiger partial charge in [-0.25, -0.2) is 4.79 Å². The van der Waals surface area contributed by atoms with Gasteiger partial charge in [0.2, 0.25) is 0 Å². The molecule has 0 N–H and O–H groups in total. The van der Waals surface area contributed by atoms with Crippen molar-refractivity contribution < 1.29 is 22.7 Å². The summed E-state index contributed by atoms with van der Waals surface area (Å²) in [6.45, 7) is 0. The second kappa shape index (κ2) is 4.79. The number of ether oxygens (including phenoxy) is 1. The zero-order chi connectivity index (χ0) is 12.5. The maximum absolute atomic E-state index is 12.4. The summed E-state index contributed by atoms with van der Waals surface area (Å²) in [6.07, 6.45) is -4.52. The Balaban J connectivity index is 3.39. The van der Waals surface area contributed by atoms with Gasteiger partial charge < -0.3 is 4.74 Å². The summed E-state index contributed by atoms with van der Waals surface area (Å²) in [5.41, 5.74) is -1.22. The molecule has 1 aromatic rings. The van der Waals surface area contributed by atoms with Crippen molar-refractivity contribution in [2.45, 2.75) is 6.18 Å². The number of methoxy groups -OCH3 is 1. The Bertz CT molecular complexity index is 431. The monoisotopic (exact) mass is 364 g/mol. The summed E-state index contributed by atoms with van der Waals surface area (Å²) >= 11 is 7.34. The van der Waals surface area contributed by atoms with Crippen LogP contribution in [0.3, 0.4) is 0 Å². The van der Waals surface area contributed by atoms with Crippen molar-refractivity contribution in [3.63, 3.8) is 0 Å². The molecule has 7 heteroatoms. The first-order chi connectivity index (χ1) is 7.27. The lowest BCUT2D eigenvalue weighted by atomic mass is 10.1. The van der Waals surface area contributed by atoms with E-state index < -0.39 is 17.7 Å². The number of alkyl halides is 3. The molecule has 0 saturated heterocycles. The number of carbonyl (C=O) groups is 1. The van der Waals surface area contributed by atoms with Crippen LogP contribution in [-0.4, -0.2) is 13.1 Å². The highest BCUT2D eigenvalue weighted by atomic mass is 127. The molecule has 0 spiro atoms. The fourth-order valence-electron chi connectivity index (χ4n) is 1.01. The van der Waals surface area contributed by atoms with Crippen molar-refractivity contribution in [3.8, 4) is 0 Å². The standard InChI is InChI=1S/C9H5ClF3IO2/c1-16-8(15)5-2-4(9(11,12)13)3-6(14)7(5)10/h2-3H,1H3. The van der Waals surface area contributed by atoms with E-state index in [1.165, 1.54) is 0 Å². The maximum Gasteiger partial charge on any atom is 0.416 e. The Morgan fingerprint density at radius 3 is 2.44 bits per heavy atom. The van der Waals surface area contributed by atoms with E-state index in [4.69, 9.17) is 11.6 Å². The van der Waals surface area contributed by atoms with Crippen LogP contribution in [0, 0.1) is 3.57 Å². The van der Waals surface area contributed by atoms with Gasteiger partial charge >= 0.3 is 12.1 Å². The molecule has 0 radical (unpaired) electrons. The zero-order valence-corrected chi connectivity index (χ0v) is 10.8. The second-order valence-corrected chi connectivity index (χ2v) is 4.35. The van der Waals surface area contributed by atoms with Crippen molar-refractivity contribution >= 4 is 40.2 Å². The van der Waals surface area contributed by atoms with Crippen molar-refractivity contribution in [3.05, 3.63) is 31.9 Å². The maximum atomic E-state index is 12.4. The number of carbonyl (C=O) groups excluding carboxylic acids is 1. The molecular formula is C9H5ClF3IO2. The molecule has 0 amide bonds.